The maximum atomic E-state index is 13.0. The number of rotatable bonds is 8. The van der Waals surface area contributed by atoms with Crippen molar-refractivity contribution < 1.29 is 42.9 Å². The summed E-state index contributed by atoms with van der Waals surface area (Å²) in [4.78, 5) is 40.8. The zero-order chi connectivity index (χ0) is 29.0. The van der Waals surface area contributed by atoms with Crippen LogP contribution in [-0.2, 0) is 27.2 Å². The van der Waals surface area contributed by atoms with Gasteiger partial charge in [-0.15, -0.1) is 11.3 Å². The summed E-state index contributed by atoms with van der Waals surface area (Å²) in [6, 6.07) is 6.82. The molecule has 1 N–H and O–H groups in total. The Labute approximate surface area is 239 Å². The lowest BCUT2D eigenvalue weighted by atomic mass is 10.0. The summed E-state index contributed by atoms with van der Waals surface area (Å²) in [6.45, 7) is 7.86. The number of thioether (sulfide) groups is 1. The number of nitrogens with zero attached hydrogens (tertiary/aromatic N) is 3. The van der Waals surface area contributed by atoms with Gasteiger partial charge in [0.25, 0.3) is 5.03 Å². The fourth-order valence-corrected chi connectivity index (χ4v) is 5.96. The lowest BCUT2D eigenvalue weighted by molar-refractivity contribution is -0.705. The van der Waals surface area contributed by atoms with Gasteiger partial charge in [-0.05, 0) is 68.3 Å². The third kappa shape index (κ3) is 6.67. The average Bonchev–Trinajstić information content (AvgIpc) is 3.45. The van der Waals surface area contributed by atoms with Crippen LogP contribution in [0, 0.1) is 0 Å². The van der Waals surface area contributed by atoms with Gasteiger partial charge in [-0.1, -0.05) is 0 Å². The Balaban J connectivity index is 1.50. The molecule has 0 saturated heterocycles. The number of hydrogen-bond donors (Lipinski definition) is 1. The number of benzene rings is 1. The number of carbonyl (C=O) groups excluding carboxylic acids is 3. The molecule has 0 radical (unpaired) electrons. The zero-order valence-electron chi connectivity index (χ0n) is 22.8. The summed E-state index contributed by atoms with van der Waals surface area (Å²) in [7, 11) is 1.54. The van der Waals surface area contributed by atoms with E-state index in [1.165, 1.54) is 16.0 Å². The van der Waals surface area contributed by atoms with Gasteiger partial charge in [-0.25, -0.2) is 9.59 Å². The Morgan fingerprint density at radius 2 is 1.98 bits per heavy atom. The van der Waals surface area contributed by atoms with Crippen molar-refractivity contribution in [3.8, 4) is 17.4 Å². The van der Waals surface area contributed by atoms with E-state index in [4.69, 9.17) is 18.7 Å². The summed E-state index contributed by atoms with van der Waals surface area (Å²) in [6.07, 6.45) is -0.0371. The van der Waals surface area contributed by atoms with E-state index in [0.717, 1.165) is 22.2 Å². The van der Waals surface area contributed by atoms with E-state index in [1.54, 1.807) is 64.0 Å². The van der Waals surface area contributed by atoms with Crippen molar-refractivity contribution in [1.29, 1.82) is 0 Å². The van der Waals surface area contributed by atoms with Crippen LogP contribution in [0.3, 0.4) is 0 Å². The number of aromatic nitrogens is 2. The molecular weight excluding hydrogens is 560 g/mol. The smallest absolute Gasteiger partial charge is 0.410 e. The topological polar surface area (TPSA) is 147 Å². The minimum Gasteiger partial charge on any atom is -0.538 e. The molecule has 0 saturated carbocycles. The Hall–Kier alpha value is -3.78. The first-order valence-corrected chi connectivity index (χ1v) is 14.3. The number of methoxy groups -OCH3 is 1. The fourth-order valence-electron chi connectivity index (χ4n) is 3.94. The molecule has 12 nitrogen and oxygen atoms in total. The highest BCUT2D eigenvalue weighted by molar-refractivity contribution is 7.99. The lowest BCUT2D eigenvalue weighted by Crippen LogP contribution is -2.39. The molecule has 1 aromatic carbocycles. The third-order valence-corrected chi connectivity index (χ3v) is 7.82. The number of fused-ring (bicyclic) bond motifs is 1. The van der Waals surface area contributed by atoms with Crippen LogP contribution in [0.25, 0.3) is 5.69 Å². The molecule has 2 amide bonds. The second-order valence-corrected chi connectivity index (χ2v) is 11.8. The first kappa shape index (κ1) is 29.2. The Morgan fingerprint density at radius 3 is 2.62 bits per heavy atom. The molecule has 40 heavy (non-hydrogen) atoms. The maximum absolute atomic E-state index is 13.0. The molecule has 1 aliphatic heterocycles. The van der Waals surface area contributed by atoms with Crippen molar-refractivity contribution in [2.24, 2.45) is 0 Å². The van der Waals surface area contributed by atoms with Crippen molar-refractivity contribution in [2.45, 2.75) is 51.3 Å². The Morgan fingerprint density at radius 1 is 1.25 bits per heavy atom. The second kappa shape index (κ2) is 12.2. The molecule has 0 bridgehead atoms. The molecule has 1 aliphatic rings. The van der Waals surface area contributed by atoms with Crippen LogP contribution in [0.2, 0.25) is 0 Å². The first-order valence-electron chi connectivity index (χ1n) is 12.5. The maximum Gasteiger partial charge on any atom is 0.410 e. The van der Waals surface area contributed by atoms with Gasteiger partial charge >= 0.3 is 12.1 Å². The van der Waals surface area contributed by atoms with Gasteiger partial charge in [-0.2, -0.15) is 0 Å². The van der Waals surface area contributed by atoms with Crippen LogP contribution in [0.1, 0.15) is 48.5 Å². The van der Waals surface area contributed by atoms with E-state index in [2.05, 4.69) is 10.6 Å². The van der Waals surface area contributed by atoms with Gasteiger partial charge in [0.05, 0.1) is 36.8 Å². The van der Waals surface area contributed by atoms with Crippen LogP contribution in [0.15, 0.2) is 33.8 Å². The summed E-state index contributed by atoms with van der Waals surface area (Å²) >= 11 is 2.16. The van der Waals surface area contributed by atoms with Crippen molar-refractivity contribution in [3.05, 3.63) is 40.3 Å². The number of anilines is 1. The summed E-state index contributed by atoms with van der Waals surface area (Å²) in [5.41, 5.74) is 0.940. The number of amides is 2. The average molecular weight is 591 g/mol. The minimum atomic E-state index is -0.686. The third-order valence-electron chi connectivity index (χ3n) is 5.67. The molecule has 14 heteroatoms. The predicted molar refractivity (Wildman–Crippen MR) is 144 cm³/mol. The molecule has 0 unspecified atom stereocenters. The highest BCUT2D eigenvalue weighted by Gasteiger charge is 2.33. The molecule has 0 aliphatic carbocycles. The van der Waals surface area contributed by atoms with E-state index >= 15 is 0 Å². The highest BCUT2D eigenvalue weighted by Crippen LogP contribution is 2.38. The van der Waals surface area contributed by atoms with Crippen LogP contribution in [0.4, 0.5) is 9.80 Å². The van der Waals surface area contributed by atoms with E-state index in [9.17, 15) is 19.5 Å². The molecule has 0 spiro atoms. The van der Waals surface area contributed by atoms with Crippen LogP contribution >= 0.6 is 23.1 Å². The number of esters is 1. The Bertz CT molecular complexity index is 1390. The van der Waals surface area contributed by atoms with Crippen molar-refractivity contribution >= 4 is 46.1 Å². The molecule has 214 valence electrons. The van der Waals surface area contributed by atoms with Gasteiger partial charge < -0.3 is 34.1 Å². The molecular formula is C26H30N4O8S2. The number of carbonyl (C=O) groups is 3. The van der Waals surface area contributed by atoms with Crippen LogP contribution in [-0.4, -0.2) is 59.8 Å². The monoisotopic (exact) mass is 590 g/mol. The number of ether oxygens (including phenoxy) is 3. The molecule has 4 rings (SSSR count). The number of thiophene rings is 1. The molecule has 3 aromatic rings. The van der Waals surface area contributed by atoms with Crippen molar-refractivity contribution in [1.82, 2.24) is 10.2 Å². The summed E-state index contributed by atoms with van der Waals surface area (Å²) < 4.78 is 22.0. The van der Waals surface area contributed by atoms with Gasteiger partial charge in [-0.3, -0.25) is 4.79 Å². The largest absolute Gasteiger partial charge is 0.538 e. The van der Waals surface area contributed by atoms with Gasteiger partial charge in [0.15, 0.2) is 5.95 Å². The lowest BCUT2D eigenvalue weighted by Gasteiger charge is -2.30. The SMILES string of the molecule is CCOC(=O)c1c(NC(=O)CSc2c([O-])on[n+]2-c2ccc(OC)cc2)sc2c1CCN(C(=O)OC(C)(C)C)C2. The summed E-state index contributed by atoms with van der Waals surface area (Å²) in [5.74, 6) is -1.20. The molecule has 0 atom stereocenters. The molecule has 3 heterocycles. The fraction of sp³-hybridized carbons (Fsp3) is 0.423. The van der Waals surface area contributed by atoms with Crippen LogP contribution < -0.4 is 19.8 Å². The second-order valence-electron chi connectivity index (χ2n) is 9.69. The quantitative estimate of drug-likeness (QED) is 0.235. The minimum absolute atomic E-state index is 0.115. The van der Waals surface area contributed by atoms with Gasteiger partial charge in [0, 0.05) is 23.6 Å². The van der Waals surface area contributed by atoms with Crippen molar-refractivity contribution in [3.63, 3.8) is 0 Å². The van der Waals surface area contributed by atoms with Crippen LogP contribution in [0.5, 0.6) is 11.7 Å². The first-order chi connectivity index (χ1) is 19.0. The van der Waals surface area contributed by atoms with E-state index < -0.39 is 29.5 Å². The van der Waals surface area contributed by atoms with Crippen molar-refractivity contribution in [2.75, 3.05) is 31.3 Å². The molecule has 0 fully saturated rings. The Kier molecular flexibility index (Phi) is 8.88. The summed E-state index contributed by atoms with van der Waals surface area (Å²) in [5, 5.41) is 19.3. The van der Waals surface area contributed by atoms with Gasteiger partial charge in [0.2, 0.25) is 11.6 Å². The molecule has 2 aromatic heterocycles. The standard InChI is InChI=1S/C26H30N4O8S2/c1-6-36-23(32)20-17-11-12-29(25(34)37-26(2,3)4)13-18(17)40-21(20)27-19(31)14-39-22-24(33)38-28-30(22)15-7-9-16(35-5)10-8-15/h7-10H,6,11-14H2,1-5H3,(H-,27,28,31,32,33). The van der Waals surface area contributed by atoms with E-state index in [-0.39, 0.29) is 29.5 Å². The van der Waals surface area contributed by atoms with Gasteiger partial charge in [0.1, 0.15) is 16.4 Å². The van der Waals surface area contributed by atoms with E-state index in [1.807, 2.05) is 0 Å². The van der Waals surface area contributed by atoms with E-state index in [0.29, 0.717) is 29.4 Å². The highest BCUT2D eigenvalue weighted by atomic mass is 32.2. The number of nitrogens with one attached hydrogen (secondary N) is 1. The zero-order valence-corrected chi connectivity index (χ0v) is 24.4. The normalized spacial score (nSPS) is 13.0. The predicted octanol–water partition coefficient (Wildman–Crippen LogP) is 3.30. The number of hydrogen-bond acceptors (Lipinski definition) is 11.